The SMILES string of the molecule is CC(CO)Cn1cc(CCCCC(=O)O)nn1. The van der Waals surface area contributed by atoms with Crippen molar-refractivity contribution >= 4 is 5.97 Å². The molecule has 0 spiro atoms. The van der Waals surface area contributed by atoms with Gasteiger partial charge in [-0.25, -0.2) is 0 Å². The molecule has 6 heteroatoms. The summed E-state index contributed by atoms with van der Waals surface area (Å²) in [5.41, 5.74) is 0.875. The number of carbonyl (C=O) groups is 1. The average molecular weight is 241 g/mol. The minimum atomic E-state index is -0.759. The molecule has 0 amide bonds. The van der Waals surface area contributed by atoms with E-state index in [0.717, 1.165) is 18.5 Å². The lowest BCUT2D eigenvalue weighted by atomic mass is 10.1. The molecule has 1 atom stereocenters. The van der Waals surface area contributed by atoms with Gasteiger partial charge in [-0.05, 0) is 25.2 Å². The first-order chi connectivity index (χ1) is 8.11. The van der Waals surface area contributed by atoms with Crippen LogP contribution in [0.4, 0.5) is 0 Å². The number of carboxylic acids is 1. The summed E-state index contributed by atoms with van der Waals surface area (Å²) in [4.78, 5) is 10.3. The van der Waals surface area contributed by atoms with Crippen LogP contribution in [0, 0.1) is 5.92 Å². The highest BCUT2D eigenvalue weighted by molar-refractivity contribution is 5.66. The lowest BCUT2D eigenvalue weighted by Crippen LogP contribution is -2.11. The summed E-state index contributed by atoms with van der Waals surface area (Å²) >= 11 is 0. The second kappa shape index (κ2) is 7.01. The fraction of sp³-hybridized carbons (Fsp3) is 0.727. The van der Waals surface area contributed by atoms with Crippen LogP contribution in [0.3, 0.4) is 0 Å². The molecule has 2 N–H and O–H groups in total. The van der Waals surface area contributed by atoms with Crippen molar-refractivity contribution in [2.75, 3.05) is 6.61 Å². The van der Waals surface area contributed by atoms with Gasteiger partial charge in [0.2, 0.25) is 0 Å². The van der Waals surface area contributed by atoms with Gasteiger partial charge in [0.05, 0.1) is 5.69 Å². The first kappa shape index (κ1) is 13.6. The standard InChI is InChI=1S/C11H19N3O3/c1-9(8-15)6-14-7-10(12-13-14)4-2-3-5-11(16)17/h7,9,15H,2-6,8H2,1H3,(H,16,17). The zero-order valence-electron chi connectivity index (χ0n) is 10.0. The second-order valence-corrected chi connectivity index (χ2v) is 4.32. The van der Waals surface area contributed by atoms with Crippen molar-refractivity contribution in [1.29, 1.82) is 0 Å². The summed E-state index contributed by atoms with van der Waals surface area (Å²) in [6.07, 6.45) is 4.28. The van der Waals surface area contributed by atoms with Gasteiger partial charge < -0.3 is 10.2 Å². The Morgan fingerprint density at radius 2 is 2.29 bits per heavy atom. The average Bonchev–Trinajstić information content (AvgIpc) is 2.72. The fourth-order valence-corrected chi connectivity index (χ4v) is 1.50. The quantitative estimate of drug-likeness (QED) is 0.654. The highest BCUT2D eigenvalue weighted by Gasteiger charge is 2.05. The molecule has 1 unspecified atom stereocenters. The van der Waals surface area contributed by atoms with Crippen LogP contribution in [0.5, 0.6) is 0 Å². The van der Waals surface area contributed by atoms with Gasteiger partial charge >= 0.3 is 5.97 Å². The van der Waals surface area contributed by atoms with Crippen LogP contribution in [0.2, 0.25) is 0 Å². The van der Waals surface area contributed by atoms with E-state index in [1.807, 2.05) is 13.1 Å². The normalized spacial score (nSPS) is 12.6. The van der Waals surface area contributed by atoms with Crippen molar-refractivity contribution < 1.29 is 15.0 Å². The summed E-state index contributed by atoms with van der Waals surface area (Å²) in [5.74, 6) is -0.595. The van der Waals surface area contributed by atoms with Crippen molar-refractivity contribution in [3.63, 3.8) is 0 Å². The number of aliphatic hydroxyl groups is 1. The van der Waals surface area contributed by atoms with E-state index in [2.05, 4.69) is 10.3 Å². The molecule has 1 aromatic heterocycles. The topological polar surface area (TPSA) is 88.2 Å². The smallest absolute Gasteiger partial charge is 0.303 e. The maximum Gasteiger partial charge on any atom is 0.303 e. The molecule has 17 heavy (non-hydrogen) atoms. The van der Waals surface area contributed by atoms with E-state index < -0.39 is 5.97 Å². The van der Waals surface area contributed by atoms with Gasteiger partial charge in [0.1, 0.15) is 0 Å². The molecule has 1 heterocycles. The highest BCUT2D eigenvalue weighted by Crippen LogP contribution is 2.05. The van der Waals surface area contributed by atoms with E-state index >= 15 is 0 Å². The first-order valence-electron chi connectivity index (χ1n) is 5.83. The molecule has 0 aliphatic carbocycles. The third kappa shape index (κ3) is 5.44. The predicted molar refractivity (Wildman–Crippen MR) is 61.5 cm³/mol. The number of hydrogen-bond acceptors (Lipinski definition) is 4. The molecule has 1 rings (SSSR count). The number of aliphatic hydroxyl groups excluding tert-OH is 1. The summed E-state index contributed by atoms with van der Waals surface area (Å²) in [6.45, 7) is 2.72. The molecule has 0 saturated heterocycles. The van der Waals surface area contributed by atoms with Crippen molar-refractivity contribution in [3.8, 4) is 0 Å². The van der Waals surface area contributed by atoms with E-state index in [9.17, 15) is 4.79 Å². The monoisotopic (exact) mass is 241 g/mol. The first-order valence-corrected chi connectivity index (χ1v) is 5.83. The van der Waals surface area contributed by atoms with Gasteiger partial charge in [0.15, 0.2) is 0 Å². The van der Waals surface area contributed by atoms with Crippen molar-refractivity contribution in [1.82, 2.24) is 15.0 Å². The van der Waals surface area contributed by atoms with Gasteiger partial charge in [-0.1, -0.05) is 12.1 Å². The Kier molecular flexibility index (Phi) is 5.62. The van der Waals surface area contributed by atoms with E-state index in [4.69, 9.17) is 10.2 Å². The molecule has 6 nitrogen and oxygen atoms in total. The van der Waals surface area contributed by atoms with Gasteiger partial charge in [-0.15, -0.1) is 5.10 Å². The lowest BCUT2D eigenvalue weighted by molar-refractivity contribution is -0.137. The highest BCUT2D eigenvalue weighted by atomic mass is 16.4. The van der Waals surface area contributed by atoms with Crippen LogP contribution >= 0.6 is 0 Å². The second-order valence-electron chi connectivity index (χ2n) is 4.32. The van der Waals surface area contributed by atoms with Gasteiger partial charge in [0.25, 0.3) is 0 Å². The van der Waals surface area contributed by atoms with E-state index in [1.54, 1.807) is 4.68 Å². The van der Waals surface area contributed by atoms with Crippen molar-refractivity contribution in [2.45, 2.75) is 39.2 Å². The Labute approximate surface area is 100 Å². The summed E-state index contributed by atoms with van der Waals surface area (Å²) in [6, 6.07) is 0. The zero-order valence-corrected chi connectivity index (χ0v) is 10.0. The lowest BCUT2D eigenvalue weighted by Gasteiger charge is -2.05. The molecule has 0 fully saturated rings. The van der Waals surface area contributed by atoms with Crippen LogP contribution in [0.1, 0.15) is 31.9 Å². The number of rotatable bonds is 8. The van der Waals surface area contributed by atoms with Crippen LogP contribution in [-0.2, 0) is 17.8 Å². The Hall–Kier alpha value is -1.43. The zero-order chi connectivity index (χ0) is 12.7. The number of aromatic nitrogens is 3. The molecule has 0 bridgehead atoms. The van der Waals surface area contributed by atoms with Gasteiger partial charge in [-0.2, -0.15) is 0 Å². The van der Waals surface area contributed by atoms with Gasteiger partial charge in [0, 0.05) is 25.8 Å². The van der Waals surface area contributed by atoms with Crippen LogP contribution < -0.4 is 0 Å². The van der Waals surface area contributed by atoms with Crippen LogP contribution in [-0.4, -0.2) is 37.8 Å². The van der Waals surface area contributed by atoms with Gasteiger partial charge in [-0.3, -0.25) is 9.48 Å². The van der Waals surface area contributed by atoms with E-state index in [0.29, 0.717) is 13.0 Å². The molecular formula is C11H19N3O3. The van der Waals surface area contributed by atoms with Crippen LogP contribution in [0.25, 0.3) is 0 Å². The minimum absolute atomic E-state index is 0.133. The predicted octanol–water partition coefficient (Wildman–Crippen LogP) is 0.704. The number of aryl methyl sites for hydroxylation is 1. The number of hydrogen-bond donors (Lipinski definition) is 2. The molecule has 0 aromatic carbocycles. The largest absolute Gasteiger partial charge is 0.481 e. The Balaban J connectivity index is 2.28. The number of unbranched alkanes of at least 4 members (excludes halogenated alkanes) is 1. The maximum atomic E-state index is 10.3. The number of carboxylic acid groups (broad SMARTS) is 1. The summed E-state index contributed by atoms with van der Waals surface area (Å²) < 4.78 is 1.72. The maximum absolute atomic E-state index is 10.3. The third-order valence-electron chi connectivity index (χ3n) is 2.47. The molecule has 0 radical (unpaired) electrons. The Morgan fingerprint density at radius 3 is 2.94 bits per heavy atom. The third-order valence-corrected chi connectivity index (χ3v) is 2.47. The Bertz CT molecular complexity index is 351. The van der Waals surface area contributed by atoms with E-state index in [-0.39, 0.29) is 18.9 Å². The summed E-state index contributed by atoms with van der Waals surface area (Å²) in [7, 11) is 0. The molecular weight excluding hydrogens is 222 g/mol. The minimum Gasteiger partial charge on any atom is -0.481 e. The molecule has 0 aliphatic rings. The molecule has 0 saturated carbocycles. The van der Waals surface area contributed by atoms with Crippen molar-refractivity contribution in [3.05, 3.63) is 11.9 Å². The van der Waals surface area contributed by atoms with Crippen molar-refractivity contribution in [2.24, 2.45) is 5.92 Å². The number of aliphatic carboxylic acids is 1. The molecule has 1 aromatic rings. The molecule has 96 valence electrons. The van der Waals surface area contributed by atoms with E-state index in [1.165, 1.54) is 0 Å². The molecule has 0 aliphatic heterocycles. The van der Waals surface area contributed by atoms with Crippen LogP contribution in [0.15, 0.2) is 6.20 Å². The fourth-order valence-electron chi connectivity index (χ4n) is 1.50. The number of nitrogens with zero attached hydrogens (tertiary/aromatic N) is 3. The summed E-state index contributed by atoms with van der Waals surface area (Å²) in [5, 5.41) is 25.4. The Morgan fingerprint density at radius 1 is 1.53 bits per heavy atom.